The third kappa shape index (κ3) is 2.91. The van der Waals surface area contributed by atoms with Gasteiger partial charge in [-0.15, -0.1) is 0 Å². The molecule has 3 rings (SSSR count). The zero-order chi connectivity index (χ0) is 15.7. The van der Waals surface area contributed by atoms with E-state index in [0.29, 0.717) is 19.1 Å². The van der Waals surface area contributed by atoms with Gasteiger partial charge in [0.25, 0.3) is 0 Å². The summed E-state index contributed by atoms with van der Waals surface area (Å²) in [5.74, 6) is 0.280. The van der Waals surface area contributed by atoms with E-state index in [-0.39, 0.29) is 12.0 Å². The Hall–Kier alpha value is -1.36. The van der Waals surface area contributed by atoms with Gasteiger partial charge in [0.05, 0.1) is 24.4 Å². The topological polar surface area (TPSA) is 47.4 Å². The number of amides is 1. The Labute approximate surface area is 132 Å². The second-order valence-electron chi connectivity index (χ2n) is 6.62. The number of carbonyl (C=O) groups is 1. The van der Waals surface area contributed by atoms with Crippen molar-refractivity contribution in [2.75, 3.05) is 13.2 Å². The zero-order valence-electron chi connectivity index (χ0n) is 14.0. The van der Waals surface area contributed by atoms with Gasteiger partial charge in [0, 0.05) is 25.7 Å². The van der Waals surface area contributed by atoms with Crippen LogP contribution in [-0.2, 0) is 23.0 Å². The van der Waals surface area contributed by atoms with Crippen LogP contribution in [0.25, 0.3) is 0 Å². The van der Waals surface area contributed by atoms with Crippen LogP contribution in [0.3, 0.4) is 0 Å². The van der Waals surface area contributed by atoms with Gasteiger partial charge in [-0.2, -0.15) is 5.10 Å². The van der Waals surface area contributed by atoms with Crippen molar-refractivity contribution in [3.05, 3.63) is 17.0 Å². The van der Waals surface area contributed by atoms with Crippen LogP contribution in [0.1, 0.15) is 49.1 Å². The molecule has 0 bridgehead atoms. The van der Waals surface area contributed by atoms with Gasteiger partial charge in [-0.1, -0.05) is 12.8 Å². The summed E-state index contributed by atoms with van der Waals surface area (Å²) in [4.78, 5) is 14.8. The molecule has 1 aliphatic heterocycles. The van der Waals surface area contributed by atoms with Gasteiger partial charge in [0.1, 0.15) is 0 Å². The van der Waals surface area contributed by atoms with Gasteiger partial charge in [-0.3, -0.25) is 9.48 Å². The molecular weight excluding hydrogens is 278 g/mol. The van der Waals surface area contributed by atoms with Crippen molar-refractivity contribution < 1.29 is 9.53 Å². The third-order valence-electron chi connectivity index (χ3n) is 5.30. The van der Waals surface area contributed by atoms with Gasteiger partial charge in [0.2, 0.25) is 5.91 Å². The van der Waals surface area contributed by atoms with E-state index in [1.807, 2.05) is 18.7 Å². The van der Waals surface area contributed by atoms with Gasteiger partial charge in [-0.25, -0.2) is 0 Å². The minimum Gasteiger partial charge on any atom is -0.374 e. The van der Waals surface area contributed by atoms with E-state index in [1.54, 1.807) is 0 Å². The highest BCUT2D eigenvalue weighted by molar-refractivity contribution is 5.77. The fourth-order valence-corrected chi connectivity index (χ4v) is 3.96. The first-order valence-corrected chi connectivity index (χ1v) is 8.48. The molecule has 22 heavy (non-hydrogen) atoms. The van der Waals surface area contributed by atoms with Crippen LogP contribution in [0.2, 0.25) is 0 Å². The van der Waals surface area contributed by atoms with Crippen LogP contribution >= 0.6 is 0 Å². The number of hydrogen-bond donors (Lipinski definition) is 0. The summed E-state index contributed by atoms with van der Waals surface area (Å²) in [6, 6.07) is 0.311. The van der Waals surface area contributed by atoms with Crippen LogP contribution in [-0.4, -0.2) is 45.9 Å². The highest BCUT2D eigenvalue weighted by atomic mass is 16.5. The van der Waals surface area contributed by atoms with E-state index < -0.39 is 0 Å². The molecule has 1 amide bonds. The van der Waals surface area contributed by atoms with Gasteiger partial charge >= 0.3 is 0 Å². The minimum absolute atomic E-state index is 0.272. The lowest BCUT2D eigenvalue weighted by molar-refractivity contribution is -0.149. The zero-order valence-corrected chi connectivity index (χ0v) is 14.0. The molecular formula is C17H27N3O2. The maximum atomic E-state index is 12.7. The van der Waals surface area contributed by atoms with Crippen LogP contribution in [0.5, 0.6) is 0 Å². The molecule has 1 aromatic rings. The number of carbonyl (C=O) groups excluding carboxylic acids is 1. The summed E-state index contributed by atoms with van der Waals surface area (Å²) in [6.45, 7) is 5.55. The molecule has 0 radical (unpaired) electrons. The van der Waals surface area contributed by atoms with Crippen molar-refractivity contribution in [2.45, 2.75) is 64.5 Å². The molecule has 2 aliphatic rings. The van der Waals surface area contributed by atoms with Gasteiger partial charge < -0.3 is 9.64 Å². The lowest BCUT2D eigenvalue weighted by atomic mass is 9.90. The first-order valence-electron chi connectivity index (χ1n) is 8.48. The summed E-state index contributed by atoms with van der Waals surface area (Å²) >= 11 is 0. The van der Waals surface area contributed by atoms with Crippen LogP contribution in [0.4, 0.5) is 0 Å². The molecule has 1 aliphatic carbocycles. The van der Waals surface area contributed by atoms with E-state index in [4.69, 9.17) is 4.74 Å². The number of ether oxygens (including phenoxy) is 1. The number of aromatic nitrogens is 2. The maximum absolute atomic E-state index is 12.7. The Bertz CT molecular complexity index is 550. The number of hydrogen-bond acceptors (Lipinski definition) is 3. The second kappa shape index (κ2) is 6.41. The lowest BCUT2D eigenvalue weighted by Gasteiger charge is -2.43. The Morgan fingerprint density at radius 3 is 2.82 bits per heavy atom. The first kappa shape index (κ1) is 15.5. The average Bonchev–Trinajstić information content (AvgIpc) is 2.77. The third-order valence-corrected chi connectivity index (χ3v) is 5.30. The second-order valence-corrected chi connectivity index (χ2v) is 6.62. The van der Waals surface area contributed by atoms with E-state index in [0.717, 1.165) is 31.5 Å². The standard InChI is InChI=1S/C17H27N3O2/c1-12-14(13(2)19(3)18-12)8-9-17(21)20-10-11-22-16-7-5-4-6-15(16)20/h15-16H,4-11H2,1-3H3/t15-,16-/m0/s1. The summed E-state index contributed by atoms with van der Waals surface area (Å²) < 4.78 is 7.76. The Balaban J connectivity index is 1.63. The Kier molecular flexibility index (Phi) is 4.52. The lowest BCUT2D eigenvalue weighted by Crippen LogP contribution is -2.54. The van der Waals surface area contributed by atoms with Crippen molar-refractivity contribution in [2.24, 2.45) is 7.05 Å². The molecule has 2 heterocycles. The predicted octanol–water partition coefficient (Wildman–Crippen LogP) is 2.14. The maximum Gasteiger partial charge on any atom is 0.223 e. The highest BCUT2D eigenvalue weighted by Crippen LogP contribution is 2.29. The van der Waals surface area contributed by atoms with Crippen molar-refractivity contribution in [1.29, 1.82) is 0 Å². The fourth-order valence-electron chi connectivity index (χ4n) is 3.96. The summed E-state index contributed by atoms with van der Waals surface area (Å²) in [5.41, 5.74) is 3.44. The fraction of sp³-hybridized carbons (Fsp3) is 0.765. The predicted molar refractivity (Wildman–Crippen MR) is 84.7 cm³/mol. The molecule has 5 nitrogen and oxygen atoms in total. The van der Waals surface area contributed by atoms with E-state index in [1.165, 1.54) is 24.1 Å². The van der Waals surface area contributed by atoms with Gasteiger partial charge in [-0.05, 0) is 38.7 Å². The average molecular weight is 305 g/mol. The smallest absolute Gasteiger partial charge is 0.223 e. The quantitative estimate of drug-likeness (QED) is 0.859. The first-order chi connectivity index (χ1) is 10.6. The molecule has 1 saturated carbocycles. The molecule has 5 heteroatoms. The van der Waals surface area contributed by atoms with Crippen molar-refractivity contribution in [1.82, 2.24) is 14.7 Å². The molecule has 2 fully saturated rings. The number of aryl methyl sites for hydroxylation is 2. The number of fused-ring (bicyclic) bond motifs is 1. The minimum atomic E-state index is 0.272. The highest BCUT2D eigenvalue weighted by Gasteiger charge is 2.36. The van der Waals surface area contributed by atoms with Crippen LogP contribution in [0.15, 0.2) is 0 Å². The van der Waals surface area contributed by atoms with Crippen LogP contribution < -0.4 is 0 Å². The molecule has 0 N–H and O–H groups in total. The Morgan fingerprint density at radius 1 is 1.32 bits per heavy atom. The van der Waals surface area contributed by atoms with E-state index in [2.05, 4.69) is 16.9 Å². The molecule has 0 unspecified atom stereocenters. The monoisotopic (exact) mass is 305 g/mol. The van der Waals surface area contributed by atoms with Crippen molar-refractivity contribution in [3.63, 3.8) is 0 Å². The number of nitrogens with zero attached hydrogens (tertiary/aromatic N) is 3. The molecule has 2 atom stereocenters. The molecule has 122 valence electrons. The number of morpholine rings is 1. The SMILES string of the molecule is Cc1nn(C)c(C)c1CCC(=O)N1CCO[C@H]2CCCC[C@@H]21. The normalized spacial score (nSPS) is 25.1. The van der Waals surface area contributed by atoms with Crippen LogP contribution in [0, 0.1) is 13.8 Å². The summed E-state index contributed by atoms with van der Waals surface area (Å²) in [5, 5.41) is 4.44. The summed E-state index contributed by atoms with van der Waals surface area (Å²) in [6.07, 6.45) is 6.30. The molecule has 0 aromatic carbocycles. The number of rotatable bonds is 3. The largest absolute Gasteiger partial charge is 0.374 e. The molecule has 0 spiro atoms. The van der Waals surface area contributed by atoms with Crippen molar-refractivity contribution in [3.8, 4) is 0 Å². The van der Waals surface area contributed by atoms with Crippen molar-refractivity contribution >= 4 is 5.91 Å². The Morgan fingerprint density at radius 2 is 2.09 bits per heavy atom. The summed E-state index contributed by atoms with van der Waals surface area (Å²) in [7, 11) is 1.96. The van der Waals surface area contributed by atoms with E-state index >= 15 is 0 Å². The molecule has 1 saturated heterocycles. The van der Waals surface area contributed by atoms with E-state index in [9.17, 15) is 4.79 Å². The van der Waals surface area contributed by atoms with Gasteiger partial charge in [0.15, 0.2) is 0 Å². The molecule has 1 aromatic heterocycles.